The topological polar surface area (TPSA) is 68.0 Å². The number of hydrogen-bond donors (Lipinski definition) is 1. The number of carbonyl (C=O) groups excluding carboxylic acids is 1. The Kier molecular flexibility index (Phi) is 5.32. The second-order valence-corrected chi connectivity index (χ2v) is 7.29. The van der Waals surface area contributed by atoms with Gasteiger partial charge in [-0.25, -0.2) is 9.97 Å². The lowest BCUT2D eigenvalue weighted by Crippen LogP contribution is -2.12. The highest BCUT2D eigenvalue weighted by molar-refractivity contribution is 6.33. The molecule has 2 heterocycles. The standard InChI is InChI=1S/C23H20ClN3O2/c1-3-14(2)15-9-10-20-19(13-15)27-23(29-20)16-6-4-7-17(12-16)26-22(28)18-8-5-11-25-21(18)24/h4-14H,3H2,1-2H3,(H,26,28). The molecule has 29 heavy (non-hydrogen) atoms. The summed E-state index contributed by atoms with van der Waals surface area (Å²) in [5.41, 5.74) is 4.53. The molecular weight excluding hydrogens is 386 g/mol. The number of oxazole rings is 1. The normalized spacial score (nSPS) is 12.1. The number of hydrogen-bond acceptors (Lipinski definition) is 4. The van der Waals surface area contributed by atoms with Gasteiger partial charge in [-0.3, -0.25) is 4.79 Å². The van der Waals surface area contributed by atoms with Crippen LogP contribution in [-0.4, -0.2) is 15.9 Å². The molecule has 4 rings (SSSR count). The van der Waals surface area contributed by atoms with Crippen LogP contribution in [0.4, 0.5) is 5.69 Å². The van der Waals surface area contributed by atoms with E-state index in [0.29, 0.717) is 23.1 Å². The summed E-state index contributed by atoms with van der Waals surface area (Å²) < 4.78 is 5.93. The molecule has 1 amide bonds. The highest BCUT2D eigenvalue weighted by Gasteiger charge is 2.14. The molecule has 6 heteroatoms. The molecule has 1 unspecified atom stereocenters. The number of nitrogens with zero attached hydrogens (tertiary/aromatic N) is 2. The third-order valence-electron chi connectivity index (χ3n) is 4.96. The number of halogens is 1. The Morgan fingerprint density at radius 2 is 2.03 bits per heavy atom. The molecule has 5 nitrogen and oxygen atoms in total. The smallest absolute Gasteiger partial charge is 0.258 e. The molecule has 0 aliphatic rings. The highest BCUT2D eigenvalue weighted by Crippen LogP contribution is 2.29. The number of rotatable bonds is 5. The molecule has 1 atom stereocenters. The fraction of sp³-hybridized carbons (Fsp3) is 0.174. The number of fused-ring (bicyclic) bond motifs is 1. The SMILES string of the molecule is CCC(C)c1ccc2oc(-c3cccc(NC(=O)c4cccnc4Cl)c3)nc2c1. The minimum Gasteiger partial charge on any atom is -0.436 e. The molecule has 0 radical (unpaired) electrons. The van der Waals surface area contributed by atoms with Gasteiger partial charge in [0.05, 0.1) is 5.56 Å². The van der Waals surface area contributed by atoms with Crippen LogP contribution >= 0.6 is 11.6 Å². The van der Waals surface area contributed by atoms with Crippen LogP contribution in [0.1, 0.15) is 42.1 Å². The molecular formula is C23H20ClN3O2. The second-order valence-electron chi connectivity index (χ2n) is 6.93. The monoisotopic (exact) mass is 405 g/mol. The van der Waals surface area contributed by atoms with Crippen LogP contribution in [0.5, 0.6) is 0 Å². The zero-order valence-electron chi connectivity index (χ0n) is 16.1. The molecule has 0 saturated carbocycles. The Bertz CT molecular complexity index is 1190. The van der Waals surface area contributed by atoms with E-state index in [0.717, 1.165) is 23.1 Å². The van der Waals surface area contributed by atoms with Crippen molar-refractivity contribution in [3.63, 3.8) is 0 Å². The molecule has 1 N–H and O–H groups in total. The van der Waals surface area contributed by atoms with Gasteiger partial charge >= 0.3 is 0 Å². The second kappa shape index (κ2) is 8.05. The van der Waals surface area contributed by atoms with Crippen LogP contribution in [0.15, 0.2) is 65.2 Å². The van der Waals surface area contributed by atoms with E-state index in [1.165, 1.54) is 5.56 Å². The first kappa shape index (κ1) is 19.2. The summed E-state index contributed by atoms with van der Waals surface area (Å²) >= 11 is 6.01. The fourth-order valence-electron chi connectivity index (χ4n) is 3.09. The highest BCUT2D eigenvalue weighted by atomic mass is 35.5. The van der Waals surface area contributed by atoms with Gasteiger partial charge in [0.15, 0.2) is 5.58 Å². The minimum atomic E-state index is -0.323. The van der Waals surface area contributed by atoms with Crippen LogP contribution in [0.3, 0.4) is 0 Å². The number of pyridine rings is 1. The lowest BCUT2D eigenvalue weighted by atomic mass is 9.98. The first-order chi connectivity index (χ1) is 14.0. The first-order valence-electron chi connectivity index (χ1n) is 9.48. The van der Waals surface area contributed by atoms with E-state index in [1.807, 2.05) is 24.3 Å². The van der Waals surface area contributed by atoms with E-state index in [4.69, 9.17) is 16.0 Å². The average molecular weight is 406 g/mol. The summed E-state index contributed by atoms with van der Waals surface area (Å²) in [6.07, 6.45) is 2.61. The van der Waals surface area contributed by atoms with E-state index in [1.54, 1.807) is 24.4 Å². The molecule has 4 aromatic rings. The van der Waals surface area contributed by atoms with Crippen molar-refractivity contribution in [1.82, 2.24) is 9.97 Å². The summed E-state index contributed by atoms with van der Waals surface area (Å²) in [6, 6.07) is 16.8. The van der Waals surface area contributed by atoms with Crippen LogP contribution in [0.25, 0.3) is 22.6 Å². The van der Waals surface area contributed by atoms with Crippen molar-refractivity contribution in [2.45, 2.75) is 26.2 Å². The van der Waals surface area contributed by atoms with Crippen molar-refractivity contribution < 1.29 is 9.21 Å². The molecule has 0 spiro atoms. The van der Waals surface area contributed by atoms with Crippen LogP contribution in [0, 0.1) is 0 Å². The van der Waals surface area contributed by atoms with Gasteiger partial charge in [-0.1, -0.05) is 37.6 Å². The number of aromatic nitrogens is 2. The molecule has 0 fully saturated rings. The van der Waals surface area contributed by atoms with E-state index in [2.05, 4.69) is 41.3 Å². The third kappa shape index (κ3) is 4.00. The van der Waals surface area contributed by atoms with Crippen molar-refractivity contribution in [3.8, 4) is 11.5 Å². The summed E-state index contributed by atoms with van der Waals surface area (Å²) in [5.74, 6) is 0.658. The molecule has 0 aliphatic heterocycles. The number of benzene rings is 2. The Hall–Kier alpha value is -3.18. The van der Waals surface area contributed by atoms with Gasteiger partial charge in [-0.2, -0.15) is 0 Å². The van der Waals surface area contributed by atoms with Gasteiger partial charge < -0.3 is 9.73 Å². The van der Waals surface area contributed by atoms with Crippen molar-refractivity contribution in [2.24, 2.45) is 0 Å². The zero-order chi connectivity index (χ0) is 20.4. The van der Waals surface area contributed by atoms with E-state index in [9.17, 15) is 4.79 Å². The predicted molar refractivity (Wildman–Crippen MR) is 115 cm³/mol. The maximum atomic E-state index is 12.5. The van der Waals surface area contributed by atoms with Gasteiger partial charge in [0.1, 0.15) is 10.7 Å². The van der Waals surface area contributed by atoms with Crippen molar-refractivity contribution in [3.05, 3.63) is 77.1 Å². The summed E-state index contributed by atoms with van der Waals surface area (Å²) in [7, 11) is 0. The Labute approximate surface area is 173 Å². The molecule has 146 valence electrons. The molecule has 2 aromatic heterocycles. The lowest BCUT2D eigenvalue weighted by Gasteiger charge is -2.07. The van der Waals surface area contributed by atoms with Crippen LogP contribution in [0.2, 0.25) is 5.15 Å². The maximum Gasteiger partial charge on any atom is 0.258 e. The van der Waals surface area contributed by atoms with Gasteiger partial charge in [0, 0.05) is 17.4 Å². The zero-order valence-corrected chi connectivity index (χ0v) is 16.9. The number of carbonyl (C=O) groups is 1. The van der Waals surface area contributed by atoms with Crippen LogP contribution < -0.4 is 5.32 Å². The van der Waals surface area contributed by atoms with Gasteiger partial charge in [0.2, 0.25) is 5.89 Å². The van der Waals surface area contributed by atoms with Crippen LogP contribution in [-0.2, 0) is 0 Å². The lowest BCUT2D eigenvalue weighted by molar-refractivity contribution is 0.102. The maximum absolute atomic E-state index is 12.5. The fourth-order valence-corrected chi connectivity index (χ4v) is 3.30. The van der Waals surface area contributed by atoms with E-state index in [-0.39, 0.29) is 11.1 Å². The quantitative estimate of drug-likeness (QED) is 0.395. The molecule has 0 saturated heterocycles. The summed E-state index contributed by atoms with van der Waals surface area (Å²) in [5, 5.41) is 3.01. The van der Waals surface area contributed by atoms with E-state index >= 15 is 0 Å². The largest absolute Gasteiger partial charge is 0.436 e. The number of anilines is 1. The van der Waals surface area contributed by atoms with Gasteiger partial charge in [-0.05, 0) is 60.4 Å². The molecule has 0 aliphatic carbocycles. The van der Waals surface area contributed by atoms with Crippen molar-refractivity contribution in [1.29, 1.82) is 0 Å². The van der Waals surface area contributed by atoms with Gasteiger partial charge in [-0.15, -0.1) is 0 Å². The third-order valence-corrected chi connectivity index (χ3v) is 5.27. The summed E-state index contributed by atoms with van der Waals surface area (Å²) in [6.45, 7) is 4.37. The Morgan fingerprint density at radius 1 is 1.17 bits per heavy atom. The van der Waals surface area contributed by atoms with Crippen molar-refractivity contribution in [2.75, 3.05) is 5.32 Å². The Balaban J connectivity index is 1.61. The molecule has 2 aromatic carbocycles. The minimum absolute atomic E-state index is 0.164. The number of amides is 1. The van der Waals surface area contributed by atoms with Crippen molar-refractivity contribution >= 4 is 34.3 Å². The van der Waals surface area contributed by atoms with Gasteiger partial charge in [0.25, 0.3) is 5.91 Å². The summed E-state index contributed by atoms with van der Waals surface area (Å²) in [4.78, 5) is 21.1. The Morgan fingerprint density at radius 3 is 2.83 bits per heavy atom. The van der Waals surface area contributed by atoms with E-state index < -0.39 is 0 Å². The molecule has 0 bridgehead atoms. The predicted octanol–water partition coefficient (Wildman–Crippen LogP) is 6.31. The first-order valence-corrected chi connectivity index (χ1v) is 9.85. The average Bonchev–Trinajstić information content (AvgIpc) is 3.17. The number of nitrogens with one attached hydrogen (secondary N) is 1.